The normalized spacial score (nSPS) is 12.4. The predicted octanol–water partition coefficient (Wildman–Crippen LogP) is 5.87. The number of hydrogen-bond donors (Lipinski definition) is 3. The monoisotopic (exact) mass is 644 g/mol. The van der Waals surface area contributed by atoms with Crippen LogP contribution in [0.3, 0.4) is 0 Å². The third kappa shape index (κ3) is 8.72. The Morgan fingerprint density at radius 1 is 0.830 bits per heavy atom. The summed E-state index contributed by atoms with van der Waals surface area (Å²) in [4.78, 5) is 37.7. The van der Waals surface area contributed by atoms with Crippen molar-refractivity contribution in [2.24, 2.45) is 0 Å². The van der Waals surface area contributed by atoms with Gasteiger partial charge in [-0.1, -0.05) is 54.6 Å². The maximum Gasteiger partial charge on any atom is 0.337 e. The third-order valence-corrected chi connectivity index (χ3v) is 7.95. The smallest absolute Gasteiger partial charge is 0.337 e. The van der Waals surface area contributed by atoms with E-state index in [1.165, 1.54) is 26.4 Å². The average Bonchev–Trinajstić information content (AvgIpc) is 3.42. The highest BCUT2D eigenvalue weighted by atomic mass is 19.1. The molecule has 1 heterocycles. The maximum atomic E-state index is 14.2. The van der Waals surface area contributed by atoms with Crippen molar-refractivity contribution < 1.29 is 38.5 Å². The highest BCUT2D eigenvalue weighted by Crippen LogP contribution is 2.42. The molecule has 4 aromatic rings. The summed E-state index contributed by atoms with van der Waals surface area (Å²) in [5, 5.41) is 24.3. The Morgan fingerprint density at radius 2 is 1.47 bits per heavy atom. The number of nitrogens with one attached hydrogen (secondary N) is 1. The van der Waals surface area contributed by atoms with Crippen LogP contribution in [0.4, 0.5) is 4.39 Å². The van der Waals surface area contributed by atoms with Crippen molar-refractivity contribution >= 4 is 17.8 Å². The minimum Gasteiger partial charge on any atom is -0.469 e. The Kier molecular flexibility index (Phi) is 12.1. The predicted molar refractivity (Wildman–Crippen MR) is 176 cm³/mol. The fourth-order valence-electron chi connectivity index (χ4n) is 5.73. The number of carbonyl (C=O) groups excluding carboxylic acids is 3. The summed E-state index contributed by atoms with van der Waals surface area (Å²) in [5.41, 5.74) is 5.24. The fourth-order valence-corrected chi connectivity index (χ4v) is 5.73. The summed E-state index contributed by atoms with van der Waals surface area (Å²) in [6.45, 7) is 4.12. The molecule has 3 aromatic carbocycles. The minimum absolute atomic E-state index is 0.0307. The first kappa shape index (κ1) is 35.1. The van der Waals surface area contributed by atoms with E-state index in [9.17, 15) is 29.0 Å². The number of aromatic nitrogens is 1. The van der Waals surface area contributed by atoms with E-state index in [2.05, 4.69) is 10.1 Å². The van der Waals surface area contributed by atoms with Crippen molar-refractivity contribution in [1.29, 1.82) is 0 Å². The standard InChI is InChI=1S/C37H41FN2O7/c1-23(2)40-31(19-18-29(41)20-30(42)21-32(43)46-3)33(26-14-16-28(38)17-15-26)34(25-8-6-5-7-9-25)35(40)36(44)39-22-24-10-12-27(13-11-24)37(45)47-4/h5-17,23,29-30,41-42H,18-22H2,1-4H3,(H,39,44)/t29-,30-/m1/s1. The molecule has 0 spiro atoms. The highest BCUT2D eigenvalue weighted by Gasteiger charge is 2.30. The van der Waals surface area contributed by atoms with Gasteiger partial charge in [-0.05, 0) is 74.1 Å². The van der Waals surface area contributed by atoms with Gasteiger partial charge in [0.2, 0.25) is 0 Å². The van der Waals surface area contributed by atoms with Crippen LogP contribution in [0, 0.1) is 5.82 Å². The van der Waals surface area contributed by atoms with Gasteiger partial charge in [-0.15, -0.1) is 0 Å². The summed E-state index contributed by atoms with van der Waals surface area (Å²) in [6.07, 6.45) is -1.74. The Labute approximate surface area is 274 Å². The van der Waals surface area contributed by atoms with Crippen molar-refractivity contribution in [2.75, 3.05) is 14.2 Å². The molecule has 10 heteroatoms. The van der Waals surface area contributed by atoms with Crippen molar-refractivity contribution in [3.05, 3.63) is 107 Å². The second kappa shape index (κ2) is 16.2. The van der Waals surface area contributed by atoms with Gasteiger partial charge in [0.05, 0.1) is 38.4 Å². The molecule has 1 amide bonds. The van der Waals surface area contributed by atoms with Crippen LogP contribution in [0.2, 0.25) is 0 Å². The molecule has 0 unspecified atom stereocenters. The van der Waals surface area contributed by atoms with Crippen molar-refractivity contribution in [1.82, 2.24) is 9.88 Å². The molecule has 0 saturated heterocycles. The molecule has 0 aliphatic heterocycles. The van der Waals surface area contributed by atoms with Gasteiger partial charge in [-0.25, -0.2) is 9.18 Å². The third-order valence-electron chi connectivity index (χ3n) is 7.95. The second-order valence-electron chi connectivity index (χ2n) is 11.6. The van der Waals surface area contributed by atoms with Crippen molar-refractivity contribution in [3.8, 4) is 22.3 Å². The summed E-state index contributed by atoms with van der Waals surface area (Å²) in [5.74, 6) is -1.75. The first-order valence-corrected chi connectivity index (χ1v) is 15.5. The summed E-state index contributed by atoms with van der Waals surface area (Å²) in [6, 6.07) is 22.1. The number of ether oxygens (including phenoxy) is 2. The number of aliphatic hydroxyl groups excluding tert-OH is 2. The summed E-state index contributed by atoms with van der Waals surface area (Å²) in [7, 11) is 2.55. The summed E-state index contributed by atoms with van der Waals surface area (Å²) >= 11 is 0. The lowest BCUT2D eigenvalue weighted by molar-refractivity contribution is -0.143. The molecule has 1 aromatic heterocycles. The van der Waals surface area contributed by atoms with Gasteiger partial charge in [0, 0.05) is 29.4 Å². The quantitative estimate of drug-likeness (QED) is 0.147. The minimum atomic E-state index is -1.08. The summed E-state index contributed by atoms with van der Waals surface area (Å²) < 4.78 is 25.5. The number of benzene rings is 3. The van der Waals surface area contributed by atoms with Gasteiger partial charge in [-0.2, -0.15) is 0 Å². The van der Waals surface area contributed by atoms with Crippen LogP contribution < -0.4 is 5.32 Å². The van der Waals surface area contributed by atoms with Crippen molar-refractivity contribution in [2.45, 2.75) is 64.3 Å². The molecule has 0 aliphatic rings. The number of nitrogens with zero attached hydrogens (tertiary/aromatic N) is 1. The number of amides is 1. The van der Waals surface area contributed by atoms with E-state index < -0.39 is 30.0 Å². The lowest BCUT2D eigenvalue weighted by atomic mass is 9.92. The fraction of sp³-hybridized carbons (Fsp3) is 0.324. The zero-order valence-electron chi connectivity index (χ0n) is 27.0. The molecular weight excluding hydrogens is 603 g/mol. The molecule has 4 rings (SSSR count). The highest BCUT2D eigenvalue weighted by molar-refractivity contribution is 6.05. The van der Waals surface area contributed by atoms with Crippen LogP contribution in [-0.2, 0) is 27.2 Å². The van der Waals surface area contributed by atoms with Gasteiger partial charge in [0.25, 0.3) is 5.91 Å². The number of methoxy groups -OCH3 is 2. The van der Waals surface area contributed by atoms with Gasteiger partial charge in [0.15, 0.2) is 0 Å². The Bertz CT molecular complexity index is 1670. The van der Waals surface area contributed by atoms with E-state index in [1.54, 1.807) is 36.4 Å². The number of carbonyl (C=O) groups is 3. The van der Waals surface area contributed by atoms with E-state index in [4.69, 9.17) is 4.74 Å². The number of halogens is 1. The molecule has 0 fully saturated rings. The molecule has 47 heavy (non-hydrogen) atoms. The molecule has 248 valence electrons. The van der Waals surface area contributed by atoms with Gasteiger partial charge in [-0.3, -0.25) is 9.59 Å². The first-order valence-electron chi connectivity index (χ1n) is 15.5. The average molecular weight is 645 g/mol. The number of rotatable bonds is 14. The second-order valence-corrected chi connectivity index (χ2v) is 11.6. The van der Waals surface area contributed by atoms with Gasteiger partial charge in [0.1, 0.15) is 11.5 Å². The molecular formula is C37H41FN2O7. The number of esters is 2. The van der Waals surface area contributed by atoms with E-state index in [1.807, 2.05) is 48.7 Å². The molecule has 9 nitrogen and oxygen atoms in total. The Balaban J connectivity index is 1.79. The maximum absolute atomic E-state index is 14.2. The molecule has 2 atom stereocenters. The zero-order chi connectivity index (χ0) is 34.1. The number of hydrogen-bond acceptors (Lipinski definition) is 7. The first-order chi connectivity index (χ1) is 22.5. The van der Waals surface area contributed by atoms with Crippen LogP contribution in [0.15, 0.2) is 78.9 Å². The van der Waals surface area contributed by atoms with Crippen molar-refractivity contribution in [3.63, 3.8) is 0 Å². The molecule has 0 aliphatic carbocycles. The Hall–Kier alpha value is -4.80. The molecule has 0 radical (unpaired) electrons. The van der Waals surface area contributed by atoms with Crippen LogP contribution in [-0.4, -0.2) is 59.1 Å². The topological polar surface area (TPSA) is 127 Å². The van der Waals surface area contributed by atoms with E-state index in [0.29, 0.717) is 28.8 Å². The largest absolute Gasteiger partial charge is 0.469 e. The van der Waals surface area contributed by atoms with Gasteiger partial charge < -0.3 is 29.6 Å². The van der Waals surface area contributed by atoms with E-state index in [-0.39, 0.29) is 37.8 Å². The van der Waals surface area contributed by atoms with E-state index >= 15 is 0 Å². The van der Waals surface area contributed by atoms with Crippen LogP contribution in [0.25, 0.3) is 22.3 Å². The molecule has 0 bridgehead atoms. The molecule has 3 N–H and O–H groups in total. The lowest BCUT2D eigenvalue weighted by Gasteiger charge is -2.20. The van der Waals surface area contributed by atoms with Gasteiger partial charge >= 0.3 is 11.9 Å². The van der Waals surface area contributed by atoms with Crippen LogP contribution in [0.1, 0.15) is 71.3 Å². The zero-order valence-corrected chi connectivity index (χ0v) is 27.0. The van der Waals surface area contributed by atoms with Crippen LogP contribution >= 0.6 is 0 Å². The Morgan fingerprint density at radius 3 is 2.06 bits per heavy atom. The lowest BCUT2D eigenvalue weighted by Crippen LogP contribution is -2.27. The number of aliphatic hydroxyl groups is 2. The SMILES string of the molecule is COC(=O)C[C@H](O)C[C@H](O)CCc1c(-c2ccc(F)cc2)c(-c2ccccc2)c(C(=O)NCc2ccc(C(=O)OC)cc2)n1C(C)C. The molecule has 0 saturated carbocycles. The van der Waals surface area contributed by atoms with Crippen LogP contribution in [0.5, 0.6) is 0 Å². The van der Waals surface area contributed by atoms with E-state index in [0.717, 1.165) is 22.4 Å².